The van der Waals surface area contributed by atoms with Crippen molar-refractivity contribution in [2.75, 3.05) is 13.7 Å². The molecule has 1 aliphatic heterocycles. The van der Waals surface area contributed by atoms with Crippen molar-refractivity contribution in [3.63, 3.8) is 0 Å². The van der Waals surface area contributed by atoms with Crippen molar-refractivity contribution in [2.45, 2.75) is 25.8 Å². The van der Waals surface area contributed by atoms with Crippen LogP contribution in [0.25, 0.3) is 5.76 Å². The first kappa shape index (κ1) is 21.4. The summed E-state index contributed by atoms with van der Waals surface area (Å²) < 4.78 is 5.85. The third-order valence-corrected chi connectivity index (χ3v) is 5.78. The average molecular weight is 479 g/mol. The third-order valence-electron chi connectivity index (χ3n) is 4.90. The molecule has 5 nitrogen and oxygen atoms in total. The molecule has 1 aliphatic rings. The van der Waals surface area contributed by atoms with Gasteiger partial charge in [0, 0.05) is 17.1 Å². The van der Waals surface area contributed by atoms with E-state index in [1.807, 2.05) is 6.92 Å². The number of hydrogen-bond acceptors (Lipinski definition) is 4. The highest BCUT2D eigenvalue weighted by atomic mass is 79.9. The van der Waals surface area contributed by atoms with Gasteiger partial charge in [0.05, 0.1) is 23.2 Å². The lowest BCUT2D eigenvalue weighted by Gasteiger charge is -2.25. The maximum absolute atomic E-state index is 12.9. The van der Waals surface area contributed by atoms with Crippen LogP contribution in [0.3, 0.4) is 0 Å². The van der Waals surface area contributed by atoms with Gasteiger partial charge >= 0.3 is 0 Å². The summed E-state index contributed by atoms with van der Waals surface area (Å²) in [6.45, 7) is 2.44. The van der Waals surface area contributed by atoms with Gasteiger partial charge in [0.15, 0.2) is 0 Å². The van der Waals surface area contributed by atoms with Crippen molar-refractivity contribution >= 4 is 45.0 Å². The molecule has 1 unspecified atom stereocenters. The molecule has 152 valence electrons. The summed E-state index contributed by atoms with van der Waals surface area (Å²) >= 11 is 9.40. The number of carbonyl (C=O) groups is 2. The van der Waals surface area contributed by atoms with Crippen LogP contribution >= 0.6 is 27.5 Å². The summed E-state index contributed by atoms with van der Waals surface area (Å²) in [5.74, 6) is -0.914. The fourth-order valence-corrected chi connectivity index (χ4v) is 4.07. The number of aliphatic hydroxyl groups is 1. The SMILES string of the molecule is CCCCN1C(=O)C(=O)/C(=C(\O)c2ccc(OC)c(Br)c2)C1c1ccc(Cl)cc1. The molecule has 1 amide bonds. The molecule has 0 aliphatic carbocycles. The fourth-order valence-electron chi connectivity index (χ4n) is 3.40. The number of likely N-dealkylation sites (tertiary alicyclic amines) is 1. The van der Waals surface area contributed by atoms with Crippen LogP contribution in [0.2, 0.25) is 5.02 Å². The molecule has 2 aromatic rings. The van der Waals surface area contributed by atoms with Crippen LogP contribution in [0.5, 0.6) is 5.75 Å². The van der Waals surface area contributed by atoms with E-state index in [4.69, 9.17) is 16.3 Å². The summed E-state index contributed by atoms with van der Waals surface area (Å²) in [6, 6.07) is 11.3. The molecule has 1 fully saturated rings. The number of nitrogens with zero attached hydrogens (tertiary/aromatic N) is 1. The molecule has 1 saturated heterocycles. The van der Waals surface area contributed by atoms with Gasteiger partial charge in [-0.15, -0.1) is 0 Å². The quantitative estimate of drug-likeness (QED) is 0.346. The molecule has 29 heavy (non-hydrogen) atoms. The minimum Gasteiger partial charge on any atom is -0.507 e. The van der Waals surface area contributed by atoms with Gasteiger partial charge < -0.3 is 14.7 Å². The smallest absolute Gasteiger partial charge is 0.295 e. The second-order valence-electron chi connectivity index (χ2n) is 6.75. The number of hydrogen-bond donors (Lipinski definition) is 1. The van der Waals surface area contributed by atoms with Crippen LogP contribution in [-0.2, 0) is 9.59 Å². The Morgan fingerprint density at radius 1 is 1.21 bits per heavy atom. The highest BCUT2D eigenvalue weighted by Crippen LogP contribution is 2.40. The Hall–Kier alpha value is -2.31. The van der Waals surface area contributed by atoms with E-state index in [1.165, 1.54) is 4.90 Å². The molecular formula is C22H21BrClNO4. The lowest BCUT2D eigenvalue weighted by Crippen LogP contribution is -2.30. The fraction of sp³-hybridized carbons (Fsp3) is 0.273. The van der Waals surface area contributed by atoms with Crippen LogP contribution in [0.4, 0.5) is 0 Å². The number of unbranched alkanes of at least 4 members (excludes halogenated alkanes) is 1. The number of amides is 1. The molecule has 0 aromatic heterocycles. The second kappa shape index (κ2) is 9.01. The van der Waals surface area contributed by atoms with Crippen LogP contribution in [0.1, 0.15) is 36.9 Å². The molecule has 1 heterocycles. The topological polar surface area (TPSA) is 66.8 Å². The van der Waals surface area contributed by atoms with Gasteiger partial charge in [-0.05, 0) is 58.2 Å². The van der Waals surface area contributed by atoms with Crippen LogP contribution < -0.4 is 4.74 Å². The van der Waals surface area contributed by atoms with E-state index in [-0.39, 0.29) is 11.3 Å². The first-order chi connectivity index (χ1) is 13.9. The van der Waals surface area contributed by atoms with Crippen molar-refractivity contribution in [2.24, 2.45) is 0 Å². The monoisotopic (exact) mass is 477 g/mol. The Bertz CT molecular complexity index is 971. The Balaban J connectivity index is 2.15. The molecule has 3 rings (SSSR count). The Kier molecular flexibility index (Phi) is 6.65. The van der Waals surface area contributed by atoms with E-state index < -0.39 is 17.7 Å². The van der Waals surface area contributed by atoms with Crippen LogP contribution in [-0.4, -0.2) is 35.4 Å². The maximum atomic E-state index is 12.9. The molecule has 1 N–H and O–H groups in total. The van der Waals surface area contributed by atoms with Crippen molar-refractivity contribution in [3.8, 4) is 5.75 Å². The lowest BCUT2D eigenvalue weighted by molar-refractivity contribution is -0.139. The number of benzene rings is 2. The average Bonchev–Trinajstić information content (AvgIpc) is 2.96. The number of rotatable bonds is 6. The third kappa shape index (κ3) is 4.19. The molecule has 7 heteroatoms. The molecule has 0 spiro atoms. The first-order valence-corrected chi connectivity index (χ1v) is 10.4. The molecule has 0 radical (unpaired) electrons. The summed E-state index contributed by atoms with van der Waals surface area (Å²) in [4.78, 5) is 27.2. The van der Waals surface area contributed by atoms with Crippen molar-refractivity contribution in [1.82, 2.24) is 4.90 Å². The number of aliphatic hydroxyl groups excluding tert-OH is 1. The Labute approximate surface area is 183 Å². The first-order valence-electron chi connectivity index (χ1n) is 9.26. The highest BCUT2D eigenvalue weighted by Gasteiger charge is 2.45. The predicted octanol–water partition coefficient (Wildman–Crippen LogP) is 5.33. The van der Waals surface area contributed by atoms with E-state index in [0.717, 1.165) is 18.4 Å². The minimum absolute atomic E-state index is 0.0745. The number of ketones is 1. The molecule has 1 atom stereocenters. The van der Waals surface area contributed by atoms with E-state index in [2.05, 4.69) is 15.9 Å². The lowest BCUT2D eigenvalue weighted by atomic mass is 9.95. The van der Waals surface area contributed by atoms with Gasteiger partial charge in [-0.1, -0.05) is 37.1 Å². The Morgan fingerprint density at radius 2 is 1.90 bits per heavy atom. The van der Waals surface area contributed by atoms with Gasteiger partial charge in [-0.25, -0.2) is 0 Å². The second-order valence-corrected chi connectivity index (χ2v) is 8.04. The van der Waals surface area contributed by atoms with Crippen molar-refractivity contribution in [3.05, 3.63) is 68.7 Å². The van der Waals surface area contributed by atoms with E-state index in [9.17, 15) is 14.7 Å². The van der Waals surface area contributed by atoms with Gasteiger partial charge in [0.2, 0.25) is 0 Å². The maximum Gasteiger partial charge on any atom is 0.295 e. The molecule has 2 aromatic carbocycles. The molecule has 0 saturated carbocycles. The van der Waals surface area contributed by atoms with Crippen molar-refractivity contribution in [1.29, 1.82) is 0 Å². The van der Waals surface area contributed by atoms with Gasteiger partial charge in [-0.3, -0.25) is 9.59 Å². The highest BCUT2D eigenvalue weighted by molar-refractivity contribution is 9.10. The predicted molar refractivity (Wildman–Crippen MR) is 116 cm³/mol. The minimum atomic E-state index is -0.689. The van der Waals surface area contributed by atoms with E-state index in [1.54, 1.807) is 49.6 Å². The summed E-state index contributed by atoms with van der Waals surface area (Å²) in [6.07, 6.45) is 1.63. The van der Waals surface area contributed by atoms with Gasteiger partial charge in [-0.2, -0.15) is 0 Å². The summed E-state index contributed by atoms with van der Waals surface area (Å²) in [7, 11) is 1.54. The number of carbonyl (C=O) groups excluding carboxylic acids is 2. The van der Waals surface area contributed by atoms with Gasteiger partial charge in [0.1, 0.15) is 11.5 Å². The van der Waals surface area contributed by atoms with Crippen molar-refractivity contribution < 1.29 is 19.4 Å². The van der Waals surface area contributed by atoms with E-state index >= 15 is 0 Å². The normalized spacial score (nSPS) is 18.3. The van der Waals surface area contributed by atoms with Crippen LogP contribution in [0.15, 0.2) is 52.5 Å². The number of methoxy groups -OCH3 is 1. The number of Topliss-reactive ketones (excluding diaryl/α,β-unsaturated/α-hetero) is 1. The Morgan fingerprint density at radius 3 is 2.48 bits per heavy atom. The van der Waals surface area contributed by atoms with Gasteiger partial charge in [0.25, 0.3) is 11.7 Å². The van der Waals surface area contributed by atoms with Crippen LogP contribution in [0, 0.1) is 0 Å². The standard InChI is InChI=1S/C22H21BrClNO4/c1-3-4-11-25-19(13-5-8-15(24)9-6-13)18(21(27)22(25)28)20(26)14-7-10-17(29-2)16(23)12-14/h5-10,12,19,26H,3-4,11H2,1-2H3/b20-18-. The molecular weight excluding hydrogens is 458 g/mol. The van der Waals surface area contributed by atoms with E-state index in [0.29, 0.717) is 27.4 Å². The zero-order valence-electron chi connectivity index (χ0n) is 16.1. The number of halogens is 2. The molecule has 0 bridgehead atoms. The number of ether oxygens (including phenoxy) is 1. The largest absolute Gasteiger partial charge is 0.507 e. The zero-order valence-corrected chi connectivity index (χ0v) is 18.5. The summed E-state index contributed by atoms with van der Waals surface area (Å²) in [5, 5.41) is 11.6. The summed E-state index contributed by atoms with van der Waals surface area (Å²) in [5.41, 5.74) is 1.22. The zero-order chi connectivity index (χ0) is 21.1.